The van der Waals surface area contributed by atoms with Gasteiger partial charge in [0.2, 0.25) is 0 Å². The van der Waals surface area contributed by atoms with Crippen molar-refractivity contribution in [1.82, 2.24) is 10.5 Å². The van der Waals surface area contributed by atoms with E-state index in [-0.39, 0.29) is 0 Å². The van der Waals surface area contributed by atoms with Gasteiger partial charge in [-0.05, 0) is 24.6 Å². The first kappa shape index (κ1) is 13.3. The lowest BCUT2D eigenvalue weighted by Gasteiger charge is -2.20. The Bertz CT molecular complexity index is 612. The maximum absolute atomic E-state index is 6.19. The minimum atomic E-state index is 0.538. The fourth-order valence-corrected chi connectivity index (χ4v) is 2.39. The van der Waals surface area contributed by atoms with E-state index in [9.17, 15) is 0 Å². The molecule has 2 heterocycles. The quantitative estimate of drug-likeness (QED) is 0.939. The average molecular weight is 295 g/mol. The van der Waals surface area contributed by atoms with Gasteiger partial charge in [0.25, 0.3) is 0 Å². The van der Waals surface area contributed by atoms with Crippen molar-refractivity contribution < 1.29 is 14.0 Å². The smallest absolute Gasteiger partial charge is 0.179 e. The molecular formula is C14H15ClN2O3. The molecule has 5 nitrogen and oxygen atoms in total. The van der Waals surface area contributed by atoms with Gasteiger partial charge in [-0.3, -0.25) is 0 Å². The summed E-state index contributed by atoms with van der Waals surface area (Å²) in [5.41, 5.74) is 1.92. The highest BCUT2D eigenvalue weighted by atomic mass is 35.5. The molecular weight excluding hydrogens is 280 g/mol. The molecule has 0 radical (unpaired) electrons. The summed E-state index contributed by atoms with van der Waals surface area (Å²) < 4.78 is 16.0. The molecule has 1 N–H and O–H groups in total. The predicted octanol–water partition coefficient (Wildman–Crippen LogP) is 2.70. The zero-order valence-corrected chi connectivity index (χ0v) is 11.9. The fraction of sp³-hybridized carbons (Fsp3) is 0.357. The second-order valence-electron chi connectivity index (χ2n) is 4.63. The summed E-state index contributed by atoms with van der Waals surface area (Å²) in [5, 5.41) is 7.79. The molecule has 6 heteroatoms. The van der Waals surface area contributed by atoms with Crippen LogP contribution in [-0.4, -0.2) is 18.4 Å². The number of halogens is 1. The van der Waals surface area contributed by atoms with Crippen molar-refractivity contribution in [3.8, 4) is 11.5 Å². The third-order valence-corrected chi connectivity index (χ3v) is 3.25. The number of nitrogens with one attached hydrogen (secondary N) is 1. The van der Waals surface area contributed by atoms with Crippen LogP contribution in [0.15, 0.2) is 22.7 Å². The molecule has 1 aliphatic heterocycles. The summed E-state index contributed by atoms with van der Waals surface area (Å²) in [4.78, 5) is 0. The van der Waals surface area contributed by atoms with Crippen LogP contribution in [0.2, 0.25) is 5.02 Å². The van der Waals surface area contributed by atoms with Crippen LogP contribution in [0.5, 0.6) is 11.5 Å². The summed E-state index contributed by atoms with van der Waals surface area (Å²) in [6, 6.07) is 5.74. The normalized spacial score (nSPS) is 13.5. The van der Waals surface area contributed by atoms with Gasteiger partial charge in [0.15, 0.2) is 11.5 Å². The lowest BCUT2D eigenvalue weighted by atomic mass is 10.2. The van der Waals surface area contributed by atoms with E-state index < -0.39 is 0 Å². The van der Waals surface area contributed by atoms with Crippen molar-refractivity contribution >= 4 is 11.6 Å². The average Bonchev–Trinajstić information content (AvgIpc) is 2.85. The van der Waals surface area contributed by atoms with Crippen LogP contribution in [-0.2, 0) is 13.1 Å². The number of ether oxygens (including phenoxy) is 2. The summed E-state index contributed by atoms with van der Waals surface area (Å²) in [5.74, 6) is 2.15. The van der Waals surface area contributed by atoms with E-state index in [1.54, 1.807) is 0 Å². The Kier molecular flexibility index (Phi) is 3.80. The standard InChI is InChI=1S/C14H15ClN2O3/c1-9-4-11(17-20-9)8-16-7-10-5-12(15)14-13(6-10)18-2-3-19-14/h4-6,16H,2-3,7-8H2,1H3. The maximum Gasteiger partial charge on any atom is 0.179 e. The number of aromatic nitrogens is 1. The molecule has 106 valence electrons. The minimum Gasteiger partial charge on any atom is -0.486 e. The van der Waals surface area contributed by atoms with E-state index in [0.717, 1.165) is 17.0 Å². The third-order valence-electron chi connectivity index (χ3n) is 2.97. The second kappa shape index (κ2) is 5.73. The van der Waals surface area contributed by atoms with Gasteiger partial charge in [-0.15, -0.1) is 0 Å². The van der Waals surface area contributed by atoms with Crippen LogP contribution < -0.4 is 14.8 Å². The van der Waals surface area contributed by atoms with Crippen LogP contribution in [0.3, 0.4) is 0 Å². The predicted molar refractivity (Wildman–Crippen MR) is 74.2 cm³/mol. The van der Waals surface area contributed by atoms with Crippen molar-refractivity contribution in [3.05, 3.63) is 40.2 Å². The van der Waals surface area contributed by atoms with E-state index in [1.807, 2.05) is 25.1 Å². The van der Waals surface area contributed by atoms with Gasteiger partial charge in [0.1, 0.15) is 19.0 Å². The molecule has 1 aliphatic rings. The number of fused-ring (bicyclic) bond motifs is 1. The Labute approximate surface area is 121 Å². The van der Waals surface area contributed by atoms with Crippen molar-refractivity contribution in [2.75, 3.05) is 13.2 Å². The topological polar surface area (TPSA) is 56.5 Å². The van der Waals surface area contributed by atoms with Gasteiger partial charge in [-0.1, -0.05) is 16.8 Å². The van der Waals surface area contributed by atoms with E-state index >= 15 is 0 Å². The molecule has 0 spiro atoms. The molecule has 1 aromatic heterocycles. The summed E-state index contributed by atoms with van der Waals surface area (Å²) in [6.07, 6.45) is 0. The first-order chi connectivity index (χ1) is 9.72. The van der Waals surface area contributed by atoms with Crippen LogP contribution in [0.25, 0.3) is 0 Å². The number of nitrogens with zero attached hydrogens (tertiary/aromatic N) is 1. The Morgan fingerprint density at radius 1 is 1.20 bits per heavy atom. The molecule has 0 fully saturated rings. The first-order valence-electron chi connectivity index (χ1n) is 6.43. The third kappa shape index (κ3) is 2.89. The monoisotopic (exact) mass is 294 g/mol. The first-order valence-corrected chi connectivity index (χ1v) is 6.81. The van der Waals surface area contributed by atoms with Crippen LogP contribution >= 0.6 is 11.6 Å². The molecule has 0 amide bonds. The number of hydrogen-bond donors (Lipinski definition) is 1. The Balaban J connectivity index is 1.64. The number of hydrogen-bond acceptors (Lipinski definition) is 5. The van der Waals surface area contributed by atoms with Gasteiger partial charge < -0.3 is 19.3 Å². The molecule has 3 rings (SSSR count). The van der Waals surface area contributed by atoms with Crippen molar-refractivity contribution in [1.29, 1.82) is 0 Å². The highest BCUT2D eigenvalue weighted by Gasteiger charge is 2.16. The summed E-state index contributed by atoms with van der Waals surface area (Å²) >= 11 is 6.19. The fourth-order valence-electron chi connectivity index (χ4n) is 2.10. The van der Waals surface area contributed by atoms with E-state index in [0.29, 0.717) is 42.8 Å². The zero-order chi connectivity index (χ0) is 13.9. The maximum atomic E-state index is 6.19. The van der Waals surface area contributed by atoms with Gasteiger partial charge in [-0.2, -0.15) is 0 Å². The lowest BCUT2D eigenvalue weighted by molar-refractivity contribution is 0.171. The molecule has 0 atom stereocenters. The summed E-state index contributed by atoms with van der Waals surface area (Å²) in [6.45, 7) is 4.27. The van der Waals surface area contributed by atoms with Crippen molar-refractivity contribution in [2.24, 2.45) is 0 Å². The van der Waals surface area contributed by atoms with Crippen LogP contribution in [0.1, 0.15) is 17.0 Å². The molecule has 0 saturated heterocycles. The molecule has 0 aliphatic carbocycles. The highest BCUT2D eigenvalue weighted by molar-refractivity contribution is 6.32. The molecule has 0 bridgehead atoms. The van der Waals surface area contributed by atoms with E-state index in [2.05, 4.69) is 10.5 Å². The van der Waals surface area contributed by atoms with Gasteiger partial charge in [0.05, 0.1) is 10.7 Å². The largest absolute Gasteiger partial charge is 0.486 e. The van der Waals surface area contributed by atoms with Crippen LogP contribution in [0.4, 0.5) is 0 Å². The minimum absolute atomic E-state index is 0.538. The van der Waals surface area contributed by atoms with E-state index in [4.69, 9.17) is 25.6 Å². The number of rotatable bonds is 4. The number of benzene rings is 1. The van der Waals surface area contributed by atoms with Crippen molar-refractivity contribution in [2.45, 2.75) is 20.0 Å². The number of aryl methyl sites for hydroxylation is 1. The van der Waals surface area contributed by atoms with Gasteiger partial charge in [-0.25, -0.2) is 0 Å². The van der Waals surface area contributed by atoms with Gasteiger partial charge >= 0.3 is 0 Å². The SMILES string of the molecule is Cc1cc(CNCc2cc(Cl)c3c(c2)OCCO3)no1. The Morgan fingerprint density at radius 3 is 2.85 bits per heavy atom. The molecule has 20 heavy (non-hydrogen) atoms. The van der Waals surface area contributed by atoms with E-state index in [1.165, 1.54) is 0 Å². The molecule has 2 aromatic rings. The summed E-state index contributed by atoms with van der Waals surface area (Å²) in [7, 11) is 0. The van der Waals surface area contributed by atoms with Crippen LogP contribution in [0, 0.1) is 6.92 Å². The zero-order valence-electron chi connectivity index (χ0n) is 11.1. The molecule has 0 unspecified atom stereocenters. The molecule has 1 aromatic carbocycles. The molecule has 0 saturated carbocycles. The Hall–Kier alpha value is -1.72. The Morgan fingerprint density at radius 2 is 2.05 bits per heavy atom. The van der Waals surface area contributed by atoms with Crippen molar-refractivity contribution in [3.63, 3.8) is 0 Å². The highest BCUT2D eigenvalue weighted by Crippen LogP contribution is 2.38. The second-order valence-corrected chi connectivity index (χ2v) is 5.04. The lowest BCUT2D eigenvalue weighted by Crippen LogP contribution is -2.17. The van der Waals surface area contributed by atoms with Gasteiger partial charge in [0, 0.05) is 19.2 Å².